The van der Waals surface area contributed by atoms with Crippen molar-refractivity contribution in [2.24, 2.45) is 0 Å². The molecule has 0 spiro atoms. The molecule has 21 heavy (non-hydrogen) atoms. The fourth-order valence-corrected chi connectivity index (χ4v) is 3.71. The van der Waals surface area contributed by atoms with Crippen LogP contribution in [0.1, 0.15) is 5.56 Å². The SMILES string of the molecule is C[Si](C)(C)C#CSN(Cc1ccccc1)c1ccccc1. The summed E-state index contributed by atoms with van der Waals surface area (Å²) >= 11 is 1.60. The van der Waals surface area contributed by atoms with Gasteiger partial charge in [0, 0.05) is 17.6 Å². The zero-order valence-electron chi connectivity index (χ0n) is 12.8. The molecule has 2 aromatic rings. The van der Waals surface area contributed by atoms with E-state index in [0.717, 1.165) is 6.54 Å². The third-order valence-electron chi connectivity index (χ3n) is 2.80. The summed E-state index contributed by atoms with van der Waals surface area (Å²) in [4.78, 5) is 0. The molecule has 0 amide bonds. The second-order valence-electron chi connectivity index (χ2n) is 5.93. The van der Waals surface area contributed by atoms with Crippen molar-refractivity contribution in [2.45, 2.75) is 26.2 Å². The number of nitrogens with zero attached hydrogens (tertiary/aromatic N) is 1. The van der Waals surface area contributed by atoms with Gasteiger partial charge in [-0.05, 0) is 22.9 Å². The van der Waals surface area contributed by atoms with Crippen LogP contribution in [0.2, 0.25) is 19.6 Å². The van der Waals surface area contributed by atoms with E-state index >= 15 is 0 Å². The Kier molecular flexibility index (Phi) is 5.55. The fraction of sp³-hybridized carbons (Fsp3) is 0.222. The van der Waals surface area contributed by atoms with Crippen LogP contribution < -0.4 is 4.31 Å². The summed E-state index contributed by atoms with van der Waals surface area (Å²) in [5.41, 5.74) is 5.90. The molecule has 0 radical (unpaired) electrons. The van der Waals surface area contributed by atoms with Crippen molar-refractivity contribution in [3.8, 4) is 10.8 Å². The molecule has 0 unspecified atom stereocenters. The summed E-state index contributed by atoms with van der Waals surface area (Å²) in [6.07, 6.45) is 0. The third-order valence-corrected chi connectivity index (χ3v) is 4.60. The molecule has 0 saturated carbocycles. The Morgan fingerprint density at radius 2 is 1.48 bits per heavy atom. The summed E-state index contributed by atoms with van der Waals surface area (Å²) in [6, 6.07) is 21.0. The van der Waals surface area contributed by atoms with Gasteiger partial charge in [-0.1, -0.05) is 68.2 Å². The monoisotopic (exact) mass is 311 g/mol. The number of benzene rings is 2. The molecule has 0 aromatic heterocycles. The molecule has 2 rings (SSSR count). The molecule has 0 aliphatic rings. The van der Waals surface area contributed by atoms with Crippen molar-refractivity contribution < 1.29 is 0 Å². The highest BCUT2D eigenvalue weighted by molar-refractivity contribution is 8.05. The van der Waals surface area contributed by atoms with Crippen LogP contribution in [0.4, 0.5) is 5.69 Å². The molecule has 2 aromatic carbocycles. The zero-order valence-corrected chi connectivity index (χ0v) is 14.7. The van der Waals surface area contributed by atoms with Gasteiger partial charge in [0.2, 0.25) is 0 Å². The van der Waals surface area contributed by atoms with Gasteiger partial charge >= 0.3 is 0 Å². The van der Waals surface area contributed by atoms with E-state index in [1.54, 1.807) is 11.9 Å². The molecule has 0 fully saturated rings. The van der Waals surface area contributed by atoms with E-state index in [1.165, 1.54) is 11.3 Å². The average molecular weight is 312 g/mol. The van der Waals surface area contributed by atoms with E-state index in [1.807, 2.05) is 6.07 Å². The highest BCUT2D eigenvalue weighted by Crippen LogP contribution is 2.24. The van der Waals surface area contributed by atoms with Gasteiger partial charge in [0.25, 0.3) is 0 Å². The minimum absolute atomic E-state index is 0.857. The van der Waals surface area contributed by atoms with Crippen LogP contribution in [0.25, 0.3) is 0 Å². The number of hydrogen-bond donors (Lipinski definition) is 0. The Morgan fingerprint density at radius 3 is 2.05 bits per heavy atom. The Balaban J connectivity index is 2.16. The molecule has 0 N–H and O–H groups in total. The van der Waals surface area contributed by atoms with Gasteiger partial charge in [-0.25, -0.2) is 0 Å². The Labute approximate surface area is 133 Å². The molecule has 0 atom stereocenters. The lowest BCUT2D eigenvalue weighted by atomic mass is 10.2. The number of rotatable bonds is 4. The van der Waals surface area contributed by atoms with Gasteiger partial charge in [0.05, 0.1) is 6.54 Å². The molecule has 0 aliphatic heterocycles. The third kappa shape index (κ3) is 5.70. The lowest BCUT2D eigenvalue weighted by Gasteiger charge is -2.20. The van der Waals surface area contributed by atoms with Crippen molar-refractivity contribution >= 4 is 25.7 Å². The van der Waals surface area contributed by atoms with Crippen molar-refractivity contribution in [1.82, 2.24) is 0 Å². The molecule has 0 saturated heterocycles. The standard InChI is InChI=1S/C18H21NSSi/c1-21(2,3)15-14-20-19(18-12-8-5-9-13-18)16-17-10-6-4-7-11-17/h4-13H,16H2,1-3H3. The fourth-order valence-electron chi connectivity index (χ4n) is 1.75. The van der Waals surface area contributed by atoms with Crippen molar-refractivity contribution in [2.75, 3.05) is 4.31 Å². The molecule has 1 nitrogen and oxygen atoms in total. The maximum atomic E-state index is 3.42. The lowest BCUT2D eigenvalue weighted by molar-refractivity contribution is 1.06. The molecule has 108 valence electrons. The topological polar surface area (TPSA) is 3.24 Å². The van der Waals surface area contributed by atoms with Crippen LogP contribution in [0, 0.1) is 10.8 Å². The van der Waals surface area contributed by atoms with Crippen LogP contribution >= 0.6 is 11.9 Å². The summed E-state index contributed by atoms with van der Waals surface area (Å²) in [6.45, 7) is 7.66. The first-order chi connectivity index (χ1) is 10.0. The van der Waals surface area contributed by atoms with E-state index in [0.29, 0.717) is 0 Å². The van der Waals surface area contributed by atoms with Gasteiger partial charge in [-0.15, -0.1) is 5.54 Å². The molecule has 3 heteroatoms. The second-order valence-corrected chi connectivity index (χ2v) is 11.5. The highest BCUT2D eigenvalue weighted by Gasteiger charge is 2.10. The maximum Gasteiger partial charge on any atom is 0.130 e. The van der Waals surface area contributed by atoms with E-state index in [9.17, 15) is 0 Å². The van der Waals surface area contributed by atoms with E-state index < -0.39 is 8.07 Å². The van der Waals surface area contributed by atoms with Crippen LogP contribution in [0.15, 0.2) is 60.7 Å². The molecule has 0 heterocycles. The Hall–Kier alpha value is -1.63. The first kappa shape index (κ1) is 15.8. The zero-order chi connectivity index (χ0) is 15.1. The normalized spacial score (nSPS) is 10.6. The minimum Gasteiger partial charge on any atom is -0.301 e. The highest BCUT2D eigenvalue weighted by atomic mass is 32.2. The lowest BCUT2D eigenvalue weighted by Crippen LogP contribution is -2.17. The van der Waals surface area contributed by atoms with Crippen LogP contribution in [-0.4, -0.2) is 8.07 Å². The largest absolute Gasteiger partial charge is 0.301 e. The summed E-state index contributed by atoms with van der Waals surface area (Å²) in [5.74, 6) is 0. The second kappa shape index (κ2) is 7.40. The van der Waals surface area contributed by atoms with E-state index in [-0.39, 0.29) is 0 Å². The Morgan fingerprint density at radius 1 is 0.905 bits per heavy atom. The maximum absolute atomic E-state index is 3.42. The first-order valence-electron chi connectivity index (χ1n) is 7.10. The van der Waals surface area contributed by atoms with Gasteiger partial charge in [-0.2, -0.15) is 0 Å². The van der Waals surface area contributed by atoms with E-state index in [2.05, 4.69) is 89.3 Å². The van der Waals surface area contributed by atoms with Crippen molar-refractivity contribution in [3.63, 3.8) is 0 Å². The van der Waals surface area contributed by atoms with Crippen LogP contribution in [0.3, 0.4) is 0 Å². The molecule has 0 aliphatic carbocycles. The Bertz CT molecular complexity index is 608. The number of para-hydroxylation sites is 1. The molecule has 0 bridgehead atoms. The molecular formula is C18H21NSSi. The van der Waals surface area contributed by atoms with Crippen LogP contribution in [-0.2, 0) is 6.54 Å². The van der Waals surface area contributed by atoms with Gasteiger partial charge in [0.15, 0.2) is 0 Å². The van der Waals surface area contributed by atoms with E-state index in [4.69, 9.17) is 0 Å². The number of hydrogen-bond acceptors (Lipinski definition) is 2. The van der Waals surface area contributed by atoms with Crippen molar-refractivity contribution in [3.05, 3.63) is 66.2 Å². The quantitative estimate of drug-likeness (QED) is 0.435. The van der Waals surface area contributed by atoms with Gasteiger partial charge < -0.3 is 4.31 Å². The first-order valence-corrected chi connectivity index (χ1v) is 11.4. The van der Waals surface area contributed by atoms with Gasteiger partial charge in [0.1, 0.15) is 8.07 Å². The predicted octanol–water partition coefficient (Wildman–Crippen LogP) is 5.18. The summed E-state index contributed by atoms with van der Waals surface area (Å²) in [5, 5.41) is 3.30. The number of anilines is 1. The predicted molar refractivity (Wildman–Crippen MR) is 97.8 cm³/mol. The smallest absolute Gasteiger partial charge is 0.130 e. The van der Waals surface area contributed by atoms with Crippen LogP contribution in [0.5, 0.6) is 0 Å². The van der Waals surface area contributed by atoms with Crippen molar-refractivity contribution in [1.29, 1.82) is 0 Å². The summed E-state index contributed by atoms with van der Waals surface area (Å²) < 4.78 is 2.25. The van der Waals surface area contributed by atoms with Gasteiger partial charge in [-0.3, -0.25) is 0 Å². The average Bonchev–Trinajstić information content (AvgIpc) is 2.47. The summed E-state index contributed by atoms with van der Waals surface area (Å²) in [7, 11) is -1.33. The molecular weight excluding hydrogens is 290 g/mol. The minimum atomic E-state index is -1.33.